The molecule has 0 N–H and O–H groups in total. The second-order valence-corrected chi connectivity index (χ2v) is 4.52. The van der Waals surface area contributed by atoms with Crippen molar-refractivity contribution in [1.29, 1.82) is 0 Å². The van der Waals surface area contributed by atoms with Crippen LogP contribution in [-0.4, -0.2) is 18.1 Å². The molecule has 0 heterocycles. The molecule has 0 bridgehead atoms. The number of hydrogen-bond acceptors (Lipinski definition) is 3. The summed E-state index contributed by atoms with van der Waals surface area (Å²) >= 11 is 0. The smallest absolute Gasteiger partial charge is 0.269 e. The van der Waals surface area contributed by atoms with Crippen molar-refractivity contribution in [3.05, 3.63) is 75.8 Å². The van der Waals surface area contributed by atoms with Crippen molar-refractivity contribution >= 4 is 5.69 Å². The maximum atomic E-state index is 10.5. The van der Waals surface area contributed by atoms with Crippen molar-refractivity contribution in [2.75, 3.05) is 13.2 Å². The first kappa shape index (κ1) is 14.2. The van der Waals surface area contributed by atoms with Crippen molar-refractivity contribution < 1.29 is 9.66 Å². The Hall–Kier alpha value is -2.20. The molecule has 0 aliphatic rings. The topological polar surface area (TPSA) is 52.4 Å². The average Bonchev–Trinajstić information content (AvgIpc) is 2.48. The highest BCUT2D eigenvalue weighted by atomic mass is 16.6. The number of non-ortho nitro benzene ring substituents is 1. The third kappa shape index (κ3) is 4.48. The van der Waals surface area contributed by atoms with Gasteiger partial charge in [-0.1, -0.05) is 42.5 Å². The molecule has 0 saturated carbocycles. The highest BCUT2D eigenvalue weighted by Gasteiger charge is 2.03. The minimum atomic E-state index is -0.389. The average molecular weight is 271 g/mol. The van der Waals surface area contributed by atoms with Crippen LogP contribution in [0, 0.1) is 10.1 Å². The van der Waals surface area contributed by atoms with Crippen molar-refractivity contribution in [3.63, 3.8) is 0 Å². The predicted octanol–water partition coefficient (Wildman–Crippen LogP) is 3.40. The van der Waals surface area contributed by atoms with Gasteiger partial charge in [0.25, 0.3) is 5.69 Å². The number of nitro groups is 1. The quantitative estimate of drug-likeness (QED) is 0.440. The summed E-state index contributed by atoms with van der Waals surface area (Å²) in [6.45, 7) is 1.32. The van der Waals surface area contributed by atoms with Gasteiger partial charge in [-0.3, -0.25) is 10.1 Å². The number of benzene rings is 2. The van der Waals surface area contributed by atoms with Crippen LogP contribution in [0.3, 0.4) is 0 Å². The third-order valence-corrected chi connectivity index (χ3v) is 3.06. The van der Waals surface area contributed by atoms with Gasteiger partial charge in [0.15, 0.2) is 0 Å². The number of nitrogens with zero attached hydrogens (tertiary/aromatic N) is 1. The van der Waals surface area contributed by atoms with Crippen LogP contribution in [0.2, 0.25) is 0 Å². The van der Waals surface area contributed by atoms with E-state index in [-0.39, 0.29) is 10.6 Å². The van der Waals surface area contributed by atoms with E-state index in [0.717, 1.165) is 18.4 Å². The van der Waals surface area contributed by atoms with Crippen LogP contribution in [0.25, 0.3) is 0 Å². The van der Waals surface area contributed by atoms with Gasteiger partial charge in [0.05, 0.1) is 18.1 Å². The first-order valence-corrected chi connectivity index (χ1v) is 6.61. The van der Waals surface area contributed by atoms with Crippen LogP contribution in [-0.2, 0) is 17.6 Å². The SMILES string of the molecule is O=[N+]([O-])c1ccc(CCOCCc2ccccc2)cc1. The molecule has 0 aliphatic carbocycles. The van der Waals surface area contributed by atoms with Gasteiger partial charge in [-0.15, -0.1) is 0 Å². The largest absolute Gasteiger partial charge is 0.381 e. The van der Waals surface area contributed by atoms with Gasteiger partial charge in [-0.25, -0.2) is 0 Å². The van der Waals surface area contributed by atoms with Gasteiger partial charge >= 0.3 is 0 Å². The second kappa shape index (κ2) is 7.40. The normalized spacial score (nSPS) is 10.4. The summed E-state index contributed by atoms with van der Waals surface area (Å²) in [5.74, 6) is 0. The zero-order valence-electron chi connectivity index (χ0n) is 11.2. The van der Waals surface area contributed by atoms with Gasteiger partial charge in [0, 0.05) is 12.1 Å². The molecular formula is C16H17NO3. The standard InChI is InChI=1S/C16H17NO3/c18-17(19)16-8-6-15(7-9-16)11-13-20-12-10-14-4-2-1-3-5-14/h1-9H,10-13H2. The maximum Gasteiger partial charge on any atom is 0.269 e. The zero-order chi connectivity index (χ0) is 14.2. The number of hydrogen-bond donors (Lipinski definition) is 0. The summed E-state index contributed by atoms with van der Waals surface area (Å²) in [5, 5.41) is 10.5. The summed E-state index contributed by atoms with van der Waals surface area (Å²) in [6, 6.07) is 16.8. The van der Waals surface area contributed by atoms with Gasteiger partial charge in [0.1, 0.15) is 0 Å². The Labute approximate surface area is 118 Å². The number of nitro benzene ring substituents is 1. The van der Waals surface area contributed by atoms with E-state index in [0.29, 0.717) is 13.2 Å². The molecule has 0 saturated heterocycles. The molecule has 2 aromatic rings. The van der Waals surface area contributed by atoms with Gasteiger partial charge in [-0.05, 0) is 24.0 Å². The fourth-order valence-electron chi connectivity index (χ4n) is 1.91. The van der Waals surface area contributed by atoms with Crippen LogP contribution in [0.4, 0.5) is 5.69 Å². The molecule has 4 heteroatoms. The first-order chi connectivity index (χ1) is 9.75. The van der Waals surface area contributed by atoms with Crippen molar-refractivity contribution in [2.24, 2.45) is 0 Å². The Morgan fingerprint density at radius 2 is 1.40 bits per heavy atom. The van der Waals surface area contributed by atoms with Crippen molar-refractivity contribution in [3.8, 4) is 0 Å². The molecule has 0 radical (unpaired) electrons. The predicted molar refractivity (Wildman–Crippen MR) is 77.8 cm³/mol. The second-order valence-electron chi connectivity index (χ2n) is 4.52. The van der Waals surface area contributed by atoms with E-state index in [4.69, 9.17) is 4.74 Å². The summed E-state index contributed by atoms with van der Waals surface area (Å²) in [6.07, 6.45) is 1.67. The van der Waals surface area contributed by atoms with Gasteiger partial charge in [-0.2, -0.15) is 0 Å². The van der Waals surface area contributed by atoms with E-state index >= 15 is 0 Å². The van der Waals surface area contributed by atoms with Crippen LogP contribution in [0.5, 0.6) is 0 Å². The molecular weight excluding hydrogens is 254 g/mol. The molecule has 2 aromatic carbocycles. The molecule has 2 rings (SSSR count). The van der Waals surface area contributed by atoms with E-state index in [1.165, 1.54) is 17.7 Å². The highest BCUT2D eigenvalue weighted by molar-refractivity contribution is 5.32. The third-order valence-electron chi connectivity index (χ3n) is 3.06. The highest BCUT2D eigenvalue weighted by Crippen LogP contribution is 2.12. The fraction of sp³-hybridized carbons (Fsp3) is 0.250. The molecule has 20 heavy (non-hydrogen) atoms. The lowest BCUT2D eigenvalue weighted by Crippen LogP contribution is -2.02. The van der Waals surface area contributed by atoms with Crippen LogP contribution in [0.1, 0.15) is 11.1 Å². The van der Waals surface area contributed by atoms with E-state index in [2.05, 4.69) is 12.1 Å². The maximum absolute atomic E-state index is 10.5. The molecule has 0 fully saturated rings. The molecule has 0 spiro atoms. The van der Waals surface area contributed by atoms with E-state index in [1.807, 2.05) is 18.2 Å². The summed E-state index contributed by atoms with van der Waals surface area (Å²) in [5.41, 5.74) is 2.44. The Bertz CT molecular complexity index is 537. The van der Waals surface area contributed by atoms with E-state index in [1.54, 1.807) is 12.1 Å². The number of ether oxygens (including phenoxy) is 1. The minimum absolute atomic E-state index is 0.124. The lowest BCUT2D eigenvalue weighted by molar-refractivity contribution is -0.384. The summed E-state index contributed by atoms with van der Waals surface area (Å²) in [7, 11) is 0. The molecule has 4 nitrogen and oxygen atoms in total. The minimum Gasteiger partial charge on any atom is -0.381 e. The lowest BCUT2D eigenvalue weighted by Gasteiger charge is -2.04. The monoisotopic (exact) mass is 271 g/mol. The number of rotatable bonds is 7. The lowest BCUT2D eigenvalue weighted by atomic mass is 10.1. The zero-order valence-corrected chi connectivity index (χ0v) is 11.2. The molecule has 0 aromatic heterocycles. The van der Waals surface area contributed by atoms with Crippen LogP contribution >= 0.6 is 0 Å². The Kier molecular flexibility index (Phi) is 5.26. The van der Waals surface area contributed by atoms with E-state index < -0.39 is 0 Å². The van der Waals surface area contributed by atoms with Gasteiger partial charge in [0.2, 0.25) is 0 Å². The van der Waals surface area contributed by atoms with Crippen molar-refractivity contribution in [2.45, 2.75) is 12.8 Å². The molecule has 0 amide bonds. The fourth-order valence-corrected chi connectivity index (χ4v) is 1.91. The summed E-state index contributed by atoms with van der Waals surface area (Å²) in [4.78, 5) is 10.1. The van der Waals surface area contributed by atoms with Crippen LogP contribution in [0.15, 0.2) is 54.6 Å². The molecule has 104 valence electrons. The molecule has 0 atom stereocenters. The summed E-state index contributed by atoms with van der Waals surface area (Å²) < 4.78 is 5.59. The first-order valence-electron chi connectivity index (χ1n) is 6.61. The molecule has 0 aliphatic heterocycles. The van der Waals surface area contributed by atoms with E-state index in [9.17, 15) is 10.1 Å². The Balaban J connectivity index is 1.67. The van der Waals surface area contributed by atoms with Crippen molar-refractivity contribution in [1.82, 2.24) is 0 Å². The Morgan fingerprint density at radius 1 is 0.850 bits per heavy atom. The van der Waals surface area contributed by atoms with Gasteiger partial charge < -0.3 is 4.74 Å². The molecule has 0 unspecified atom stereocenters. The van der Waals surface area contributed by atoms with Crippen LogP contribution < -0.4 is 0 Å². The Morgan fingerprint density at radius 3 is 1.95 bits per heavy atom.